The van der Waals surface area contributed by atoms with Gasteiger partial charge in [0.2, 0.25) is 10.0 Å². The second kappa shape index (κ2) is 6.43. The summed E-state index contributed by atoms with van der Waals surface area (Å²) < 4.78 is 27.7. The van der Waals surface area contributed by atoms with Crippen LogP contribution in [0.15, 0.2) is 27.6 Å². The van der Waals surface area contributed by atoms with Crippen LogP contribution >= 0.6 is 15.9 Å². The molecule has 7 heteroatoms. The minimum atomic E-state index is -3.46. The number of rotatable bonds is 4. The molecule has 1 aliphatic rings. The number of piperidine rings is 1. The van der Waals surface area contributed by atoms with Gasteiger partial charge in [0.1, 0.15) is 0 Å². The number of likely N-dealkylation sites (tertiary alicyclic amines) is 1. The van der Waals surface area contributed by atoms with Crippen LogP contribution in [0.3, 0.4) is 0 Å². The van der Waals surface area contributed by atoms with Crippen molar-refractivity contribution in [2.45, 2.75) is 17.7 Å². The molecule has 112 valence electrons. The molecule has 1 aromatic carbocycles. The lowest BCUT2D eigenvalue weighted by Crippen LogP contribution is -2.36. The summed E-state index contributed by atoms with van der Waals surface area (Å²) in [7, 11) is -1.37. The molecule has 1 saturated heterocycles. The number of anilines is 1. The fraction of sp³-hybridized carbons (Fsp3) is 0.538. The average molecular weight is 362 g/mol. The van der Waals surface area contributed by atoms with Gasteiger partial charge in [-0.1, -0.05) is 0 Å². The van der Waals surface area contributed by atoms with Gasteiger partial charge >= 0.3 is 0 Å². The van der Waals surface area contributed by atoms with Crippen molar-refractivity contribution in [3.05, 3.63) is 22.7 Å². The molecule has 0 bridgehead atoms. The van der Waals surface area contributed by atoms with Crippen LogP contribution in [-0.2, 0) is 10.0 Å². The number of halogens is 1. The molecular formula is C13H20BrN3O2S. The zero-order valence-corrected chi connectivity index (χ0v) is 13.9. The van der Waals surface area contributed by atoms with Crippen molar-refractivity contribution in [2.75, 3.05) is 32.4 Å². The monoisotopic (exact) mass is 361 g/mol. The third-order valence-corrected chi connectivity index (χ3v) is 5.79. The number of hydrogen-bond acceptors (Lipinski definition) is 4. The van der Waals surface area contributed by atoms with Gasteiger partial charge in [-0.05, 0) is 73.0 Å². The number of nitrogen functional groups attached to an aromatic ring is 1. The lowest BCUT2D eigenvalue weighted by atomic mass is 9.98. The fourth-order valence-corrected chi connectivity index (χ4v) is 3.92. The molecule has 1 heterocycles. The molecular weight excluding hydrogens is 342 g/mol. The maximum absolute atomic E-state index is 12.2. The maximum atomic E-state index is 12.2. The molecule has 0 saturated carbocycles. The number of benzene rings is 1. The Balaban J connectivity index is 1.98. The lowest BCUT2D eigenvalue weighted by molar-refractivity contribution is 0.220. The van der Waals surface area contributed by atoms with Gasteiger partial charge in [0, 0.05) is 16.7 Å². The summed E-state index contributed by atoms with van der Waals surface area (Å²) >= 11 is 3.25. The summed E-state index contributed by atoms with van der Waals surface area (Å²) in [5, 5.41) is 0. The first-order valence-corrected chi connectivity index (χ1v) is 8.89. The van der Waals surface area contributed by atoms with Crippen LogP contribution in [0.5, 0.6) is 0 Å². The van der Waals surface area contributed by atoms with Crippen molar-refractivity contribution >= 4 is 31.6 Å². The van der Waals surface area contributed by atoms with Crippen molar-refractivity contribution in [2.24, 2.45) is 5.92 Å². The highest BCUT2D eigenvalue weighted by Crippen LogP contribution is 2.23. The minimum Gasteiger partial charge on any atom is -0.398 e. The second-order valence-electron chi connectivity index (χ2n) is 5.28. The van der Waals surface area contributed by atoms with Gasteiger partial charge in [-0.3, -0.25) is 0 Å². The Morgan fingerprint density at radius 2 is 2.05 bits per heavy atom. The largest absolute Gasteiger partial charge is 0.398 e. The Hall–Kier alpha value is -0.630. The molecule has 0 atom stereocenters. The summed E-state index contributed by atoms with van der Waals surface area (Å²) in [5.41, 5.74) is 6.20. The van der Waals surface area contributed by atoms with E-state index in [1.807, 2.05) is 0 Å². The van der Waals surface area contributed by atoms with Crippen molar-refractivity contribution < 1.29 is 8.42 Å². The average Bonchev–Trinajstić information content (AvgIpc) is 2.41. The molecule has 3 N–H and O–H groups in total. The Morgan fingerprint density at radius 1 is 1.40 bits per heavy atom. The van der Waals surface area contributed by atoms with Crippen molar-refractivity contribution in [1.82, 2.24) is 9.62 Å². The number of sulfonamides is 1. The van der Waals surface area contributed by atoms with Crippen LogP contribution in [0.25, 0.3) is 0 Å². The zero-order chi connectivity index (χ0) is 14.8. The predicted octanol–water partition coefficient (Wildman–Crippen LogP) is 1.65. The van der Waals surface area contributed by atoms with Gasteiger partial charge in [-0.15, -0.1) is 0 Å². The van der Waals surface area contributed by atoms with E-state index in [4.69, 9.17) is 5.73 Å². The molecule has 0 aromatic heterocycles. The van der Waals surface area contributed by atoms with Crippen molar-refractivity contribution in [1.29, 1.82) is 0 Å². The van der Waals surface area contributed by atoms with Crippen LogP contribution in [-0.4, -0.2) is 40.0 Å². The minimum absolute atomic E-state index is 0.242. The van der Waals surface area contributed by atoms with Crippen LogP contribution < -0.4 is 10.5 Å². The molecule has 0 aliphatic carbocycles. The van der Waals surface area contributed by atoms with E-state index in [0.29, 0.717) is 22.6 Å². The predicted molar refractivity (Wildman–Crippen MR) is 84.0 cm³/mol. The smallest absolute Gasteiger partial charge is 0.240 e. The highest BCUT2D eigenvalue weighted by atomic mass is 79.9. The van der Waals surface area contributed by atoms with Gasteiger partial charge < -0.3 is 10.6 Å². The highest BCUT2D eigenvalue weighted by Gasteiger charge is 2.20. The van der Waals surface area contributed by atoms with E-state index in [-0.39, 0.29) is 4.90 Å². The number of hydrogen-bond donors (Lipinski definition) is 2. The van der Waals surface area contributed by atoms with E-state index in [9.17, 15) is 8.42 Å². The van der Waals surface area contributed by atoms with Gasteiger partial charge in [0.25, 0.3) is 0 Å². The van der Waals surface area contributed by atoms with E-state index in [1.165, 1.54) is 12.1 Å². The Morgan fingerprint density at radius 3 is 2.65 bits per heavy atom. The van der Waals surface area contributed by atoms with Crippen LogP contribution in [0, 0.1) is 5.92 Å². The molecule has 1 aliphatic heterocycles. The molecule has 0 unspecified atom stereocenters. The number of nitrogens with two attached hydrogens (primary N) is 1. The first-order valence-electron chi connectivity index (χ1n) is 6.62. The molecule has 5 nitrogen and oxygen atoms in total. The number of nitrogens with zero attached hydrogens (tertiary/aromatic N) is 1. The highest BCUT2D eigenvalue weighted by molar-refractivity contribution is 9.10. The summed E-state index contributed by atoms with van der Waals surface area (Å²) in [6, 6.07) is 4.65. The summed E-state index contributed by atoms with van der Waals surface area (Å²) in [6.07, 6.45) is 2.06. The Labute approximate surface area is 128 Å². The second-order valence-corrected chi connectivity index (χ2v) is 7.90. The fourth-order valence-electron chi connectivity index (χ4n) is 2.25. The normalized spacial score (nSPS) is 18.3. The molecule has 0 amide bonds. The zero-order valence-electron chi connectivity index (χ0n) is 11.5. The van der Waals surface area contributed by atoms with E-state index < -0.39 is 10.0 Å². The maximum Gasteiger partial charge on any atom is 0.240 e. The lowest BCUT2D eigenvalue weighted by Gasteiger charge is -2.28. The van der Waals surface area contributed by atoms with E-state index in [2.05, 4.69) is 32.6 Å². The Kier molecular flexibility index (Phi) is 5.06. The quantitative estimate of drug-likeness (QED) is 0.799. The SMILES string of the molecule is CN1CCC(CNS(=O)(=O)c2ccc(N)c(Br)c2)CC1. The van der Waals surface area contributed by atoms with Crippen molar-refractivity contribution in [3.63, 3.8) is 0 Å². The first-order chi connectivity index (χ1) is 9.38. The van der Waals surface area contributed by atoms with Gasteiger partial charge in [-0.2, -0.15) is 0 Å². The van der Waals surface area contributed by atoms with Gasteiger partial charge in [-0.25, -0.2) is 13.1 Å². The van der Waals surface area contributed by atoms with Gasteiger partial charge in [0.15, 0.2) is 0 Å². The Bertz CT molecular complexity index is 569. The van der Waals surface area contributed by atoms with Gasteiger partial charge in [0.05, 0.1) is 4.90 Å². The van der Waals surface area contributed by atoms with Crippen LogP contribution in [0.1, 0.15) is 12.8 Å². The third-order valence-electron chi connectivity index (χ3n) is 3.68. The van der Waals surface area contributed by atoms with E-state index >= 15 is 0 Å². The molecule has 0 radical (unpaired) electrons. The van der Waals surface area contributed by atoms with Crippen LogP contribution in [0.4, 0.5) is 5.69 Å². The molecule has 20 heavy (non-hydrogen) atoms. The molecule has 0 spiro atoms. The molecule has 2 rings (SSSR count). The van der Waals surface area contributed by atoms with Crippen molar-refractivity contribution in [3.8, 4) is 0 Å². The standard InChI is InChI=1S/C13H20BrN3O2S/c1-17-6-4-10(5-7-17)9-16-20(18,19)11-2-3-13(15)12(14)8-11/h2-3,8,10,16H,4-7,9,15H2,1H3. The van der Waals surface area contributed by atoms with Crippen LogP contribution in [0.2, 0.25) is 0 Å². The molecule has 1 aromatic rings. The van der Waals surface area contributed by atoms with E-state index in [1.54, 1.807) is 6.07 Å². The molecule has 1 fully saturated rings. The number of nitrogens with one attached hydrogen (secondary N) is 1. The summed E-state index contributed by atoms with van der Waals surface area (Å²) in [5.74, 6) is 0.415. The summed E-state index contributed by atoms with van der Waals surface area (Å²) in [4.78, 5) is 2.51. The summed E-state index contributed by atoms with van der Waals surface area (Å²) in [6.45, 7) is 2.55. The topological polar surface area (TPSA) is 75.4 Å². The first kappa shape index (κ1) is 15.8. The third kappa shape index (κ3) is 3.94. The van der Waals surface area contributed by atoms with E-state index in [0.717, 1.165) is 25.9 Å².